The summed E-state index contributed by atoms with van der Waals surface area (Å²) in [4.78, 5) is 0. The molecule has 1 heterocycles. The molecule has 2 aromatic carbocycles. The summed E-state index contributed by atoms with van der Waals surface area (Å²) in [7, 11) is 0. The first kappa shape index (κ1) is 13.2. The van der Waals surface area contributed by atoms with Crippen LogP contribution in [0.3, 0.4) is 0 Å². The standard InChI is InChI=1S/C18H21NO/c1-14-6-2-3-7-15(14)10-11-19-12-16-13-20-18-9-5-4-8-17(16)18/h2-9,16,19H,10-13H2,1H3. The number of nitrogens with one attached hydrogen (secondary N) is 1. The molecule has 1 unspecified atom stereocenters. The molecular weight excluding hydrogens is 246 g/mol. The van der Waals surface area contributed by atoms with Gasteiger partial charge in [-0.3, -0.25) is 0 Å². The third kappa shape index (κ3) is 2.86. The summed E-state index contributed by atoms with van der Waals surface area (Å²) in [6.45, 7) is 4.99. The van der Waals surface area contributed by atoms with E-state index in [2.05, 4.69) is 54.7 Å². The van der Waals surface area contributed by atoms with E-state index in [0.29, 0.717) is 5.92 Å². The summed E-state index contributed by atoms with van der Waals surface area (Å²) in [6.07, 6.45) is 1.09. The molecule has 0 fully saturated rings. The Balaban J connectivity index is 1.49. The van der Waals surface area contributed by atoms with Gasteiger partial charge in [0, 0.05) is 18.0 Å². The topological polar surface area (TPSA) is 21.3 Å². The normalized spacial score (nSPS) is 16.8. The largest absolute Gasteiger partial charge is 0.493 e. The average Bonchev–Trinajstić information content (AvgIpc) is 2.89. The van der Waals surface area contributed by atoms with Crippen molar-refractivity contribution in [3.63, 3.8) is 0 Å². The average molecular weight is 267 g/mol. The monoisotopic (exact) mass is 267 g/mol. The Labute approximate surface area is 120 Å². The first-order valence-corrected chi connectivity index (χ1v) is 7.31. The van der Waals surface area contributed by atoms with Gasteiger partial charge in [-0.25, -0.2) is 0 Å². The Kier molecular flexibility index (Phi) is 4.03. The molecule has 1 aliphatic rings. The van der Waals surface area contributed by atoms with Crippen LogP contribution in [0.1, 0.15) is 22.6 Å². The molecule has 3 rings (SSSR count). The lowest BCUT2D eigenvalue weighted by molar-refractivity contribution is 0.327. The Morgan fingerprint density at radius 3 is 2.80 bits per heavy atom. The van der Waals surface area contributed by atoms with Crippen LogP contribution in [0.5, 0.6) is 5.75 Å². The Hall–Kier alpha value is -1.80. The van der Waals surface area contributed by atoms with E-state index in [1.54, 1.807) is 0 Å². The van der Waals surface area contributed by atoms with Gasteiger partial charge in [-0.2, -0.15) is 0 Å². The summed E-state index contributed by atoms with van der Waals surface area (Å²) in [5.74, 6) is 1.54. The number of rotatable bonds is 5. The molecule has 2 heteroatoms. The highest BCUT2D eigenvalue weighted by Crippen LogP contribution is 2.32. The number of ether oxygens (including phenoxy) is 1. The Morgan fingerprint density at radius 1 is 1.10 bits per heavy atom. The maximum absolute atomic E-state index is 5.71. The molecule has 0 aliphatic carbocycles. The second-order valence-electron chi connectivity index (χ2n) is 5.43. The second-order valence-corrected chi connectivity index (χ2v) is 5.43. The van der Waals surface area contributed by atoms with E-state index < -0.39 is 0 Å². The van der Waals surface area contributed by atoms with Crippen LogP contribution in [0.25, 0.3) is 0 Å². The van der Waals surface area contributed by atoms with E-state index in [1.807, 2.05) is 6.07 Å². The zero-order valence-electron chi connectivity index (χ0n) is 11.9. The minimum absolute atomic E-state index is 0.489. The number of benzene rings is 2. The second kappa shape index (κ2) is 6.10. The van der Waals surface area contributed by atoms with Crippen molar-refractivity contribution in [1.29, 1.82) is 0 Å². The molecule has 0 amide bonds. The molecule has 0 aromatic heterocycles. The first-order valence-electron chi connectivity index (χ1n) is 7.31. The molecule has 0 saturated heterocycles. The van der Waals surface area contributed by atoms with Crippen LogP contribution in [-0.4, -0.2) is 19.7 Å². The molecule has 0 bridgehead atoms. The van der Waals surface area contributed by atoms with E-state index in [1.165, 1.54) is 16.7 Å². The highest BCUT2D eigenvalue weighted by Gasteiger charge is 2.22. The molecule has 1 aliphatic heterocycles. The smallest absolute Gasteiger partial charge is 0.122 e. The van der Waals surface area contributed by atoms with Crippen LogP contribution >= 0.6 is 0 Å². The summed E-state index contributed by atoms with van der Waals surface area (Å²) >= 11 is 0. The summed E-state index contributed by atoms with van der Waals surface area (Å²) in [6, 6.07) is 17.0. The van der Waals surface area contributed by atoms with Gasteiger partial charge in [-0.1, -0.05) is 42.5 Å². The fraction of sp³-hybridized carbons (Fsp3) is 0.333. The van der Waals surface area contributed by atoms with Crippen LogP contribution in [0.15, 0.2) is 48.5 Å². The third-order valence-electron chi connectivity index (χ3n) is 4.02. The molecule has 1 N–H and O–H groups in total. The SMILES string of the molecule is Cc1ccccc1CCNCC1COc2ccccc21. The number of hydrogen-bond acceptors (Lipinski definition) is 2. The van der Waals surface area contributed by atoms with Crippen molar-refractivity contribution in [3.05, 3.63) is 65.2 Å². The van der Waals surface area contributed by atoms with Gasteiger partial charge in [0.2, 0.25) is 0 Å². The lowest BCUT2D eigenvalue weighted by Crippen LogP contribution is -2.24. The van der Waals surface area contributed by atoms with Gasteiger partial charge in [0.05, 0.1) is 6.61 Å². The van der Waals surface area contributed by atoms with Crippen molar-refractivity contribution in [2.75, 3.05) is 19.7 Å². The van der Waals surface area contributed by atoms with E-state index in [9.17, 15) is 0 Å². The van der Waals surface area contributed by atoms with Gasteiger partial charge in [0.15, 0.2) is 0 Å². The van der Waals surface area contributed by atoms with Gasteiger partial charge in [-0.15, -0.1) is 0 Å². The fourth-order valence-electron chi connectivity index (χ4n) is 2.79. The van der Waals surface area contributed by atoms with E-state index >= 15 is 0 Å². The van der Waals surface area contributed by atoms with Gasteiger partial charge in [-0.05, 0) is 37.1 Å². The highest BCUT2D eigenvalue weighted by molar-refractivity contribution is 5.39. The molecule has 2 aromatic rings. The van der Waals surface area contributed by atoms with Crippen molar-refractivity contribution in [3.8, 4) is 5.75 Å². The molecule has 0 spiro atoms. The van der Waals surface area contributed by atoms with Crippen molar-refractivity contribution in [1.82, 2.24) is 5.32 Å². The Morgan fingerprint density at radius 2 is 1.90 bits per heavy atom. The summed E-state index contributed by atoms with van der Waals surface area (Å²) in [5.41, 5.74) is 4.16. The van der Waals surface area contributed by atoms with Crippen molar-refractivity contribution >= 4 is 0 Å². The van der Waals surface area contributed by atoms with Crippen LogP contribution in [0.4, 0.5) is 0 Å². The third-order valence-corrected chi connectivity index (χ3v) is 4.02. The predicted octanol–water partition coefficient (Wildman–Crippen LogP) is 3.30. The molecular formula is C18H21NO. The fourth-order valence-corrected chi connectivity index (χ4v) is 2.79. The van der Waals surface area contributed by atoms with Crippen LogP contribution in [-0.2, 0) is 6.42 Å². The maximum atomic E-state index is 5.71. The number of fused-ring (bicyclic) bond motifs is 1. The first-order chi connectivity index (χ1) is 9.84. The minimum atomic E-state index is 0.489. The van der Waals surface area contributed by atoms with E-state index in [0.717, 1.165) is 31.9 Å². The maximum Gasteiger partial charge on any atom is 0.122 e. The molecule has 0 radical (unpaired) electrons. The van der Waals surface area contributed by atoms with Gasteiger partial charge in [0.25, 0.3) is 0 Å². The predicted molar refractivity (Wildman–Crippen MR) is 82.4 cm³/mol. The summed E-state index contributed by atoms with van der Waals surface area (Å²) < 4.78 is 5.71. The number of aryl methyl sites for hydroxylation is 1. The highest BCUT2D eigenvalue weighted by atomic mass is 16.5. The van der Waals surface area contributed by atoms with Crippen molar-refractivity contribution < 1.29 is 4.74 Å². The van der Waals surface area contributed by atoms with Gasteiger partial charge in [0.1, 0.15) is 5.75 Å². The van der Waals surface area contributed by atoms with Crippen LogP contribution in [0, 0.1) is 6.92 Å². The summed E-state index contributed by atoms with van der Waals surface area (Å²) in [5, 5.41) is 3.56. The van der Waals surface area contributed by atoms with Crippen LogP contribution in [0.2, 0.25) is 0 Å². The number of para-hydroxylation sites is 1. The van der Waals surface area contributed by atoms with Gasteiger partial charge < -0.3 is 10.1 Å². The molecule has 0 saturated carbocycles. The lowest BCUT2D eigenvalue weighted by atomic mass is 10.0. The van der Waals surface area contributed by atoms with Crippen LogP contribution < -0.4 is 10.1 Å². The quantitative estimate of drug-likeness (QED) is 0.839. The minimum Gasteiger partial charge on any atom is -0.493 e. The Bertz CT molecular complexity index is 579. The lowest BCUT2D eigenvalue weighted by Gasteiger charge is -2.11. The van der Waals surface area contributed by atoms with Crippen molar-refractivity contribution in [2.45, 2.75) is 19.3 Å². The van der Waals surface area contributed by atoms with Crippen molar-refractivity contribution in [2.24, 2.45) is 0 Å². The molecule has 20 heavy (non-hydrogen) atoms. The zero-order valence-corrected chi connectivity index (χ0v) is 11.9. The number of hydrogen-bond donors (Lipinski definition) is 1. The molecule has 104 valence electrons. The zero-order chi connectivity index (χ0) is 13.8. The van der Waals surface area contributed by atoms with E-state index in [-0.39, 0.29) is 0 Å². The molecule has 2 nitrogen and oxygen atoms in total. The van der Waals surface area contributed by atoms with Gasteiger partial charge >= 0.3 is 0 Å². The molecule has 1 atom stereocenters. The van der Waals surface area contributed by atoms with E-state index in [4.69, 9.17) is 4.74 Å².